The quantitative estimate of drug-likeness (QED) is 0.675. The summed E-state index contributed by atoms with van der Waals surface area (Å²) in [6.07, 6.45) is 6.88. The third-order valence-electron chi connectivity index (χ3n) is 6.27. The Labute approximate surface area is 135 Å². The summed E-state index contributed by atoms with van der Waals surface area (Å²) in [5.41, 5.74) is 0.954. The topological polar surface area (TPSA) is 72.2 Å². The summed E-state index contributed by atoms with van der Waals surface area (Å²) >= 11 is 0. The molecule has 0 saturated heterocycles. The van der Waals surface area contributed by atoms with Gasteiger partial charge in [-0.2, -0.15) is 0 Å². The Balaban J connectivity index is 1.59. The maximum Gasteiger partial charge on any atom is 0.274 e. The van der Waals surface area contributed by atoms with Crippen molar-refractivity contribution in [3.8, 4) is 0 Å². The van der Waals surface area contributed by atoms with E-state index < -0.39 is 4.92 Å². The summed E-state index contributed by atoms with van der Waals surface area (Å²) in [5, 5.41) is 14.1. The van der Waals surface area contributed by atoms with Gasteiger partial charge in [0, 0.05) is 6.07 Å². The van der Waals surface area contributed by atoms with E-state index >= 15 is 0 Å². The predicted molar refractivity (Wildman–Crippen MR) is 87.1 cm³/mol. The lowest BCUT2D eigenvalue weighted by Crippen LogP contribution is -2.51. The molecule has 4 aliphatic carbocycles. The number of nitrogens with zero attached hydrogens (tertiary/aromatic N) is 1. The predicted octanol–water partition coefficient (Wildman–Crippen LogP) is 4.06. The van der Waals surface area contributed by atoms with Crippen LogP contribution in [0.25, 0.3) is 0 Å². The number of benzene rings is 1. The van der Waals surface area contributed by atoms with Crippen LogP contribution in [0.2, 0.25) is 0 Å². The van der Waals surface area contributed by atoms with E-state index in [1.54, 1.807) is 19.1 Å². The smallest absolute Gasteiger partial charge is 0.274 e. The Morgan fingerprint density at radius 1 is 1.17 bits per heavy atom. The molecule has 0 unspecified atom stereocenters. The molecule has 1 aromatic rings. The number of nitrogens with one attached hydrogen (secondary N) is 1. The zero-order valence-corrected chi connectivity index (χ0v) is 13.4. The summed E-state index contributed by atoms with van der Waals surface area (Å²) < 4.78 is 0. The molecule has 5 heteroatoms. The van der Waals surface area contributed by atoms with Crippen molar-refractivity contribution in [3.63, 3.8) is 0 Å². The molecule has 1 amide bonds. The van der Waals surface area contributed by atoms with E-state index in [1.165, 1.54) is 25.3 Å². The summed E-state index contributed by atoms with van der Waals surface area (Å²) in [7, 11) is 0. The number of nitro benzene ring substituents is 1. The van der Waals surface area contributed by atoms with Crippen molar-refractivity contribution in [2.45, 2.75) is 45.4 Å². The number of hydrogen-bond donors (Lipinski definition) is 1. The molecule has 0 atom stereocenters. The fourth-order valence-electron chi connectivity index (χ4n) is 5.60. The van der Waals surface area contributed by atoms with Crippen LogP contribution in [0.15, 0.2) is 18.2 Å². The highest BCUT2D eigenvalue weighted by molar-refractivity contribution is 5.96. The van der Waals surface area contributed by atoms with Gasteiger partial charge in [0.15, 0.2) is 0 Å². The van der Waals surface area contributed by atoms with Crippen LogP contribution in [-0.2, 0) is 4.79 Å². The molecular formula is C18H22N2O3. The van der Waals surface area contributed by atoms with Crippen molar-refractivity contribution < 1.29 is 9.72 Å². The standard InChI is InChI=1S/C18H22N2O3/c1-11-15(3-2-4-16(11)20(22)23)19-17(21)18-8-12-5-13(9-18)7-14(6-12)10-18/h2-4,12-14H,5-10H2,1H3,(H,19,21). The van der Waals surface area contributed by atoms with Gasteiger partial charge >= 0.3 is 0 Å². The van der Waals surface area contributed by atoms with Crippen LogP contribution in [0.5, 0.6) is 0 Å². The average Bonchev–Trinajstić information content (AvgIpc) is 2.47. The molecule has 122 valence electrons. The number of carbonyl (C=O) groups is 1. The number of carbonyl (C=O) groups excluding carboxylic acids is 1. The molecule has 4 aliphatic rings. The largest absolute Gasteiger partial charge is 0.325 e. The Morgan fingerprint density at radius 3 is 2.26 bits per heavy atom. The molecule has 23 heavy (non-hydrogen) atoms. The first-order chi connectivity index (χ1) is 11.0. The molecule has 4 bridgehead atoms. The van der Waals surface area contributed by atoms with Gasteiger partial charge in [-0.1, -0.05) is 6.07 Å². The van der Waals surface area contributed by atoms with Gasteiger partial charge in [-0.05, 0) is 69.3 Å². The van der Waals surface area contributed by atoms with Crippen LogP contribution < -0.4 is 5.32 Å². The first kappa shape index (κ1) is 14.7. The second-order valence-corrected chi connectivity index (χ2v) is 7.86. The van der Waals surface area contributed by atoms with E-state index in [9.17, 15) is 14.9 Å². The summed E-state index contributed by atoms with van der Waals surface area (Å²) in [4.78, 5) is 23.7. The molecule has 0 radical (unpaired) electrons. The van der Waals surface area contributed by atoms with Crippen molar-refractivity contribution >= 4 is 17.3 Å². The zero-order chi connectivity index (χ0) is 16.2. The van der Waals surface area contributed by atoms with Gasteiger partial charge in [0.1, 0.15) is 0 Å². The molecule has 0 aliphatic heterocycles. The van der Waals surface area contributed by atoms with Crippen LogP contribution in [0.4, 0.5) is 11.4 Å². The summed E-state index contributed by atoms with van der Waals surface area (Å²) in [6, 6.07) is 4.89. The maximum absolute atomic E-state index is 13.0. The second-order valence-electron chi connectivity index (χ2n) is 7.86. The summed E-state index contributed by atoms with van der Waals surface area (Å²) in [6.45, 7) is 1.70. The maximum atomic E-state index is 13.0. The third kappa shape index (κ3) is 2.33. The number of anilines is 1. The SMILES string of the molecule is Cc1c(NC(=O)C23CC4CC(CC(C4)C2)C3)cccc1[N+](=O)[O-]. The first-order valence-corrected chi connectivity index (χ1v) is 8.52. The number of rotatable bonds is 3. The number of hydrogen-bond acceptors (Lipinski definition) is 3. The van der Waals surface area contributed by atoms with Crippen LogP contribution in [0, 0.1) is 40.2 Å². The van der Waals surface area contributed by atoms with Gasteiger partial charge in [-0.3, -0.25) is 14.9 Å². The van der Waals surface area contributed by atoms with E-state index in [0.717, 1.165) is 19.3 Å². The van der Waals surface area contributed by atoms with Gasteiger partial charge in [-0.25, -0.2) is 0 Å². The lowest BCUT2D eigenvalue weighted by atomic mass is 9.49. The van der Waals surface area contributed by atoms with Crippen molar-refractivity contribution in [1.29, 1.82) is 0 Å². The minimum Gasteiger partial charge on any atom is -0.325 e. The Morgan fingerprint density at radius 2 is 1.74 bits per heavy atom. The van der Waals surface area contributed by atoms with Gasteiger partial charge in [0.25, 0.3) is 5.69 Å². The second kappa shape index (κ2) is 5.05. The lowest BCUT2D eigenvalue weighted by molar-refractivity contribution is -0.385. The molecule has 0 heterocycles. The number of amides is 1. The summed E-state index contributed by atoms with van der Waals surface area (Å²) in [5.74, 6) is 2.20. The van der Waals surface area contributed by atoms with Crippen molar-refractivity contribution in [2.75, 3.05) is 5.32 Å². The molecule has 0 aromatic heterocycles. The Kier molecular flexibility index (Phi) is 3.22. The normalized spacial score (nSPS) is 34.4. The van der Waals surface area contributed by atoms with E-state index in [-0.39, 0.29) is 17.0 Å². The van der Waals surface area contributed by atoms with E-state index in [1.807, 2.05) is 0 Å². The molecule has 1 aromatic carbocycles. The van der Waals surface area contributed by atoms with Crippen LogP contribution >= 0.6 is 0 Å². The monoisotopic (exact) mass is 314 g/mol. The van der Waals surface area contributed by atoms with Gasteiger partial charge in [-0.15, -0.1) is 0 Å². The fraction of sp³-hybridized carbons (Fsp3) is 0.611. The Bertz CT molecular complexity index is 648. The van der Waals surface area contributed by atoms with E-state index in [2.05, 4.69) is 5.32 Å². The first-order valence-electron chi connectivity index (χ1n) is 8.52. The van der Waals surface area contributed by atoms with Gasteiger partial charge in [0.05, 0.1) is 21.6 Å². The van der Waals surface area contributed by atoms with E-state index in [4.69, 9.17) is 0 Å². The molecule has 1 N–H and O–H groups in total. The fourth-order valence-corrected chi connectivity index (χ4v) is 5.60. The molecule has 5 nitrogen and oxygen atoms in total. The van der Waals surface area contributed by atoms with E-state index in [0.29, 0.717) is 29.0 Å². The zero-order valence-electron chi connectivity index (χ0n) is 13.4. The molecule has 4 saturated carbocycles. The minimum atomic E-state index is -0.393. The Hall–Kier alpha value is -1.91. The van der Waals surface area contributed by atoms with Crippen LogP contribution in [0.3, 0.4) is 0 Å². The third-order valence-corrected chi connectivity index (χ3v) is 6.27. The van der Waals surface area contributed by atoms with Crippen molar-refractivity contribution in [2.24, 2.45) is 23.2 Å². The lowest BCUT2D eigenvalue weighted by Gasteiger charge is -2.55. The molecule has 4 fully saturated rings. The van der Waals surface area contributed by atoms with Crippen LogP contribution in [0.1, 0.15) is 44.1 Å². The van der Waals surface area contributed by atoms with Gasteiger partial charge in [0.2, 0.25) is 5.91 Å². The minimum absolute atomic E-state index is 0.0633. The van der Waals surface area contributed by atoms with Crippen molar-refractivity contribution in [3.05, 3.63) is 33.9 Å². The molecule has 0 spiro atoms. The highest BCUT2D eigenvalue weighted by Gasteiger charge is 2.54. The van der Waals surface area contributed by atoms with Crippen molar-refractivity contribution in [1.82, 2.24) is 0 Å². The molecular weight excluding hydrogens is 292 g/mol. The average molecular weight is 314 g/mol. The molecule has 5 rings (SSSR count). The van der Waals surface area contributed by atoms with Gasteiger partial charge < -0.3 is 5.32 Å². The highest BCUT2D eigenvalue weighted by atomic mass is 16.6. The number of nitro groups is 1. The van der Waals surface area contributed by atoms with Crippen LogP contribution in [-0.4, -0.2) is 10.8 Å². The highest BCUT2D eigenvalue weighted by Crippen LogP contribution is 2.60.